The van der Waals surface area contributed by atoms with E-state index < -0.39 is 0 Å². The van der Waals surface area contributed by atoms with Gasteiger partial charge in [0.25, 0.3) is 0 Å². The topological polar surface area (TPSA) is 9.23 Å². The zero-order chi connectivity index (χ0) is 13.2. The Morgan fingerprint density at radius 3 is 1.53 bits per heavy atom. The van der Waals surface area contributed by atoms with Crippen molar-refractivity contribution in [1.82, 2.24) is 0 Å². The largest absolute Gasteiger partial charge is 0.488 e. The van der Waals surface area contributed by atoms with Crippen LogP contribution >= 0.6 is 0 Å². The lowest BCUT2D eigenvalue weighted by atomic mass is 9.95. The Balaban J connectivity index is 3.13. The van der Waals surface area contributed by atoms with E-state index in [1.807, 2.05) is 0 Å². The molecule has 0 fully saturated rings. The fourth-order valence-electron chi connectivity index (χ4n) is 1.73. The maximum absolute atomic E-state index is 5.98. The Bertz CT molecular complexity index is 343. The van der Waals surface area contributed by atoms with Crippen LogP contribution in [-0.4, -0.2) is 5.60 Å². The number of ether oxygens (including phenoxy) is 1. The van der Waals surface area contributed by atoms with Crippen molar-refractivity contribution in [2.45, 2.75) is 65.9 Å². The van der Waals surface area contributed by atoms with Gasteiger partial charge in [0.1, 0.15) is 11.4 Å². The normalized spacial score (nSPS) is 12.3. The quantitative estimate of drug-likeness (QED) is 0.706. The lowest BCUT2D eigenvalue weighted by Crippen LogP contribution is -2.23. The van der Waals surface area contributed by atoms with Crippen LogP contribution < -0.4 is 4.74 Å². The molecule has 0 aliphatic rings. The molecule has 0 amide bonds. The first kappa shape index (κ1) is 14.1. The van der Waals surface area contributed by atoms with Gasteiger partial charge in [-0.1, -0.05) is 33.8 Å². The molecule has 0 aliphatic heterocycles. The molecule has 96 valence electrons. The third kappa shape index (κ3) is 4.41. The lowest BCUT2D eigenvalue weighted by Gasteiger charge is -2.23. The van der Waals surface area contributed by atoms with Crippen LogP contribution in [-0.2, 0) is 0 Å². The molecule has 1 nitrogen and oxygen atoms in total. The zero-order valence-corrected chi connectivity index (χ0v) is 12.3. The van der Waals surface area contributed by atoms with Gasteiger partial charge in [0.2, 0.25) is 0 Å². The van der Waals surface area contributed by atoms with E-state index in [1.54, 1.807) is 0 Å². The third-order valence-electron chi connectivity index (χ3n) is 2.71. The van der Waals surface area contributed by atoms with Gasteiger partial charge in [0, 0.05) is 0 Å². The van der Waals surface area contributed by atoms with Gasteiger partial charge >= 0.3 is 0 Å². The maximum Gasteiger partial charge on any atom is 0.120 e. The predicted octanol–water partition coefficient (Wildman–Crippen LogP) is 5.11. The molecule has 0 saturated heterocycles. The Labute approximate surface area is 106 Å². The molecule has 0 aromatic heterocycles. The van der Waals surface area contributed by atoms with Crippen LogP contribution in [0.2, 0.25) is 0 Å². The van der Waals surface area contributed by atoms with Crippen LogP contribution in [0, 0.1) is 0 Å². The summed E-state index contributed by atoms with van der Waals surface area (Å²) < 4.78 is 5.98. The van der Waals surface area contributed by atoms with Crippen molar-refractivity contribution in [3.63, 3.8) is 0 Å². The first-order valence-corrected chi connectivity index (χ1v) is 6.53. The number of benzene rings is 1. The Morgan fingerprint density at radius 1 is 0.824 bits per heavy atom. The third-order valence-corrected chi connectivity index (χ3v) is 2.71. The van der Waals surface area contributed by atoms with Crippen molar-refractivity contribution < 1.29 is 4.74 Å². The van der Waals surface area contributed by atoms with E-state index in [-0.39, 0.29) is 5.60 Å². The molecule has 1 aromatic rings. The zero-order valence-electron chi connectivity index (χ0n) is 12.3. The smallest absolute Gasteiger partial charge is 0.120 e. The predicted molar refractivity (Wildman–Crippen MR) is 75.0 cm³/mol. The van der Waals surface area contributed by atoms with Gasteiger partial charge in [-0.05, 0) is 55.9 Å². The molecular formula is C16H26O. The van der Waals surface area contributed by atoms with Gasteiger partial charge in [-0.25, -0.2) is 0 Å². The molecule has 0 N–H and O–H groups in total. The van der Waals surface area contributed by atoms with Gasteiger partial charge in [-0.3, -0.25) is 0 Å². The summed E-state index contributed by atoms with van der Waals surface area (Å²) in [5.41, 5.74) is 2.58. The molecule has 0 saturated carbocycles. The monoisotopic (exact) mass is 234 g/mol. The molecule has 0 atom stereocenters. The van der Waals surface area contributed by atoms with Crippen molar-refractivity contribution >= 4 is 0 Å². The molecular weight excluding hydrogens is 208 g/mol. The molecule has 0 aliphatic carbocycles. The van der Waals surface area contributed by atoms with Crippen LogP contribution in [0.3, 0.4) is 0 Å². The van der Waals surface area contributed by atoms with Gasteiger partial charge < -0.3 is 4.74 Å². The summed E-state index contributed by atoms with van der Waals surface area (Å²) in [6.45, 7) is 15.2. The van der Waals surface area contributed by atoms with E-state index in [0.29, 0.717) is 11.8 Å². The standard InChI is InChI=1S/C16H26O/c1-11(2)13-8-14(12(3)4)10-15(9-13)17-16(5,6)7/h8-12H,1-7H3. The molecule has 1 heteroatoms. The second-order valence-electron chi connectivity index (χ2n) is 6.36. The van der Waals surface area contributed by atoms with Crippen LogP contribution in [0.4, 0.5) is 0 Å². The van der Waals surface area contributed by atoms with Crippen LogP contribution in [0.25, 0.3) is 0 Å². The molecule has 17 heavy (non-hydrogen) atoms. The lowest BCUT2D eigenvalue weighted by molar-refractivity contribution is 0.130. The Kier molecular flexibility index (Phi) is 4.24. The van der Waals surface area contributed by atoms with Gasteiger partial charge in [0.15, 0.2) is 0 Å². The molecule has 1 rings (SSSR count). The molecule has 0 radical (unpaired) electrons. The van der Waals surface area contributed by atoms with Gasteiger partial charge in [-0.15, -0.1) is 0 Å². The van der Waals surface area contributed by atoms with Crippen LogP contribution in [0.1, 0.15) is 71.4 Å². The van der Waals surface area contributed by atoms with E-state index in [4.69, 9.17) is 4.74 Å². The minimum absolute atomic E-state index is 0.135. The minimum atomic E-state index is -0.135. The molecule has 0 bridgehead atoms. The van der Waals surface area contributed by atoms with Gasteiger partial charge in [-0.2, -0.15) is 0 Å². The number of rotatable bonds is 3. The summed E-state index contributed by atoms with van der Waals surface area (Å²) in [5.74, 6) is 2.07. The highest BCUT2D eigenvalue weighted by atomic mass is 16.5. The summed E-state index contributed by atoms with van der Waals surface area (Å²) in [7, 11) is 0. The highest BCUT2D eigenvalue weighted by Gasteiger charge is 2.14. The molecule has 1 aromatic carbocycles. The van der Waals surface area contributed by atoms with Crippen LogP contribution in [0.5, 0.6) is 5.75 Å². The Hall–Kier alpha value is -0.980. The van der Waals surface area contributed by atoms with E-state index in [1.165, 1.54) is 11.1 Å². The average Bonchev–Trinajstić information content (AvgIpc) is 2.14. The maximum atomic E-state index is 5.98. The van der Waals surface area contributed by atoms with Crippen molar-refractivity contribution in [1.29, 1.82) is 0 Å². The van der Waals surface area contributed by atoms with Crippen molar-refractivity contribution in [3.8, 4) is 5.75 Å². The average molecular weight is 234 g/mol. The van der Waals surface area contributed by atoms with E-state index >= 15 is 0 Å². The highest BCUT2D eigenvalue weighted by Crippen LogP contribution is 2.29. The summed E-state index contributed by atoms with van der Waals surface area (Å²) in [4.78, 5) is 0. The van der Waals surface area contributed by atoms with E-state index in [9.17, 15) is 0 Å². The molecule has 0 heterocycles. The van der Waals surface area contributed by atoms with E-state index in [2.05, 4.69) is 66.7 Å². The van der Waals surface area contributed by atoms with E-state index in [0.717, 1.165) is 5.75 Å². The second-order valence-corrected chi connectivity index (χ2v) is 6.36. The first-order valence-electron chi connectivity index (χ1n) is 6.53. The number of hydrogen-bond donors (Lipinski definition) is 0. The SMILES string of the molecule is CC(C)c1cc(OC(C)(C)C)cc(C(C)C)c1. The summed E-state index contributed by atoms with van der Waals surface area (Å²) in [6.07, 6.45) is 0. The summed E-state index contributed by atoms with van der Waals surface area (Å²) >= 11 is 0. The molecule has 0 spiro atoms. The van der Waals surface area contributed by atoms with Crippen molar-refractivity contribution in [2.75, 3.05) is 0 Å². The fourth-order valence-corrected chi connectivity index (χ4v) is 1.73. The second kappa shape index (κ2) is 5.12. The summed E-state index contributed by atoms with van der Waals surface area (Å²) in [5, 5.41) is 0. The fraction of sp³-hybridized carbons (Fsp3) is 0.625. The Morgan fingerprint density at radius 2 is 1.24 bits per heavy atom. The number of hydrogen-bond acceptors (Lipinski definition) is 1. The first-order chi connectivity index (χ1) is 7.69. The summed E-state index contributed by atoms with van der Waals surface area (Å²) in [6, 6.07) is 6.63. The highest BCUT2D eigenvalue weighted by molar-refractivity contribution is 5.37. The van der Waals surface area contributed by atoms with Crippen molar-refractivity contribution in [2.24, 2.45) is 0 Å². The van der Waals surface area contributed by atoms with Crippen molar-refractivity contribution in [3.05, 3.63) is 29.3 Å². The minimum Gasteiger partial charge on any atom is -0.488 e. The molecule has 0 unspecified atom stereocenters. The van der Waals surface area contributed by atoms with Crippen LogP contribution in [0.15, 0.2) is 18.2 Å². The van der Waals surface area contributed by atoms with Gasteiger partial charge in [0.05, 0.1) is 0 Å².